The maximum atomic E-state index is 12.5. The SMILES string of the molecule is CC(CCO)OC(=O)[C@@H](C)c1cccc(C(=O)c2ccccc2)c1.CC(O)CCOC(=O)[C@@H](C)c1cccc(C(=O)c2ccccc2)c1. The zero-order valence-corrected chi connectivity index (χ0v) is 27.9. The number of hydrogen-bond acceptors (Lipinski definition) is 8. The third-order valence-corrected chi connectivity index (χ3v) is 7.71. The highest BCUT2D eigenvalue weighted by Crippen LogP contribution is 2.22. The Labute approximate surface area is 282 Å². The number of ether oxygens (including phenoxy) is 2. The Balaban J connectivity index is 0.000000260. The number of esters is 2. The standard InChI is InChI=1S/2C20H22O4/c1-14(21)11-12-24-20(23)15(2)17-9-6-10-18(13-17)19(22)16-7-4-3-5-8-16;1-14(11-12-21)24-20(23)15(2)17-9-6-10-18(13-17)19(22)16-7-4-3-5-8-16/h2*3-10,13-15,21H,11-12H2,1-2H3/t2*14?,15-/m00/s1. The number of carbonyl (C=O) groups excluding carboxylic acids is 4. The molecule has 0 fully saturated rings. The summed E-state index contributed by atoms with van der Waals surface area (Å²) >= 11 is 0. The predicted octanol–water partition coefficient (Wildman–Crippen LogP) is 6.67. The van der Waals surface area contributed by atoms with Gasteiger partial charge in [-0.05, 0) is 51.0 Å². The number of hydrogen-bond donors (Lipinski definition) is 2. The summed E-state index contributed by atoms with van der Waals surface area (Å²) in [5.41, 5.74) is 3.78. The van der Waals surface area contributed by atoms with Gasteiger partial charge in [-0.3, -0.25) is 19.2 Å². The lowest BCUT2D eigenvalue weighted by Crippen LogP contribution is -2.20. The van der Waals surface area contributed by atoms with Gasteiger partial charge in [0.15, 0.2) is 11.6 Å². The van der Waals surface area contributed by atoms with Crippen molar-refractivity contribution in [2.24, 2.45) is 0 Å². The van der Waals surface area contributed by atoms with Crippen LogP contribution in [0.2, 0.25) is 0 Å². The lowest BCUT2D eigenvalue weighted by atomic mass is 9.96. The van der Waals surface area contributed by atoms with Gasteiger partial charge in [-0.1, -0.05) is 97.1 Å². The van der Waals surface area contributed by atoms with E-state index in [9.17, 15) is 24.3 Å². The summed E-state index contributed by atoms with van der Waals surface area (Å²) in [7, 11) is 0. The summed E-state index contributed by atoms with van der Waals surface area (Å²) in [6.07, 6.45) is -0.0188. The Kier molecular flexibility index (Phi) is 14.9. The molecule has 0 amide bonds. The quantitative estimate of drug-likeness (QED) is 0.114. The highest BCUT2D eigenvalue weighted by Gasteiger charge is 2.21. The van der Waals surface area contributed by atoms with Gasteiger partial charge < -0.3 is 19.7 Å². The van der Waals surface area contributed by atoms with Crippen LogP contribution >= 0.6 is 0 Å². The molecule has 8 nitrogen and oxygen atoms in total. The summed E-state index contributed by atoms with van der Waals surface area (Å²) < 4.78 is 10.5. The molecule has 4 rings (SSSR count). The second-order valence-electron chi connectivity index (χ2n) is 11.6. The molecule has 0 aromatic heterocycles. The van der Waals surface area contributed by atoms with Crippen molar-refractivity contribution in [1.82, 2.24) is 0 Å². The van der Waals surface area contributed by atoms with Crippen LogP contribution in [0.3, 0.4) is 0 Å². The molecule has 0 saturated carbocycles. The molecule has 48 heavy (non-hydrogen) atoms. The van der Waals surface area contributed by atoms with Crippen molar-refractivity contribution in [3.05, 3.63) is 143 Å². The van der Waals surface area contributed by atoms with Gasteiger partial charge in [0.05, 0.1) is 24.5 Å². The Morgan fingerprint density at radius 1 is 0.583 bits per heavy atom. The molecule has 0 aliphatic carbocycles. The van der Waals surface area contributed by atoms with Crippen molar-refractivity contribution in [2.45, 2.75) is 64.6 Å². The molecule has 2 N–H and O–H groups in total. The van der Waals surface area contributed by atoms with Gasteiger partial charge in [0.1, 0.15) is 6.10 Å². The van der Waals surface area contributed by atoms with Crippen molar-refractivity contribution in [3.63, 3.8) is 0 Å². The van der Waals surface area contributed by atoms with Crippen molar-refractivity contribution >= 4 is 23.5 Å². The van der Waals surface area contributed by atoms with Gasteiger partial charge in [0.2, 0.25) is 0 Å². The Morgan fingerprint density at radius 3 is 1.46 bits per heavy atom. The molecule has 0 saturated heterocycles. The summed E-state index contributed by atoms with van der Waals surface area (Å²) in [6.45, 7) is 7.05. The van der Waals surface area contributed by atoms with Gasteiger partial charge in [0, 0.05) is 41.7 Å². The maximum Gasteiger partial charge on any atom is 0.313 e. The first-order valence-corrected chi connectivity index (χ1v) is 16.1. The zero-order valence-electron chi connectivity index (χ0n) is 27.9. The molecular formula is C40H44O8. The molecule has 252 valence electrons. The van der Waals surface area contributed by atoms with Crippen LogP contribution < -0.4 is 0 Å². The first-order valence-electron chi connectivity index (χ1n) is 16.1. The van der Waals surface area contributed by atoms with E-state index in [1.807, 2.05) is 48.5 Å². The first-order chi connectivity index (χ1) is 23.0. The summed E-state index contributed by atoms with van der Waals surface area (Å²) in [5.74, 6) is -1.82. The van der Waals surface area contributed by atoms with Crippen molar-refractivity contribution < 1.29 is 38.9 Å². The number of benzene rings is 4. The molecule has 4 atom stereocenters. The van der Waals surface area contributed by atoms with Crippen LogP contribution in [0.25, 0.3) is 0 Å². The van der Waals surface area contributed by atoms with E-state index in [4.69, 9.17) is 14.6 Å². The van der Waals surface area contributed by atoms with Crippen molar-refractivity contribution in [1.29, 1.82) is 0 Å². The van der Waals surface area contributed by atoms with Crippen LogP contribution in [-0.2, 0) is 19.1 Å². The van der Waals surface area contributed by atoms with Crippen LogP contribution in [-0.4, -0.2) is 59.1 Å². The van der Waals surface area contributed by atoms with Crippen molar-refractivity contribution in [2.75, 3.05) is 13.2 Å². The summed E-state index contributed by atoms with van der Waals surface area (Å²) in [5, 5.41) is 18.1. The van der Waals surface area contributed by atoms with E-state index >= 15 is 0 Å². The van der Waals surface area contributed by atoms with E-state index in [0.717, 1.165) is 11.1 Å². The van der Waals surface area contributed by atoms with Gasteiger partial charge in [-0.2, -0.15) is 0 Å². The normalized spacial score (nSPS) is 13.1. The smallest absolute Gasteiger partial charge is 0.313 e. The van der Waals surface area contributed by atoms with E-state index in [2.05, 4.69) is 0 Å². The number of aliphatic hydroxyl groups excluding tert-OH is 2. The Hall–Kier alpha value is -4.92. The molecule has 8 heteroatoms. The average molecular weight is 653 g/mol. The van der Waals surface area contributed by atoms with Crippen LogP contribution in [0, 0.1) is 0 Å². The minimum atomic E-state index is -0.500. The Bertz CT molecular complexity index is 1630. The molecule has 0 bridgehead atoms. The predicted molar refractivity (Wildman–Crippen MR) is 184 cm³/mol. The number of carbonyl (C=O) groups is 4. The monoisotopic (exact) mass is 652 g/mol. The Morgan fingerprint density at radius 2 is 1.02 bits per heavy atom. The fourth-order valence-corrected chi connectivity index (χ4v) is 4.68. The molecule has 0 spiro atoms. The number of ketones is 2. The largest absolute Gasteiger partial charge is 0.465 e. The minimum absolute atomic E-state index is 0.0239. The first kappa shape index (κ1) is 37.5. The van der Waals surface area contributed by atoms with E-state index < -0.39 is 17.9 Å². The van der Waals surface area contributed by atoms with E-state index in [-0.39, 0.29) is 42.8 Å². The fourth-order valence-electron chi connectivity index (χ4n) is 4.68. The molecule has 4 aromatic carbocycles. The molecule has 0 aliphatic heterocycles. The molecule has 4 aromatic rings. The van der Waals surface area contributed by atoms with Crippen LogP contribution in [0.15, 0.2) is 109 Å². The topological polar surface area (TPSA) is 127 Å². The molecule has 0 radical (unpaired) electrons. The second-order valence-corrected chi connectivity index (χ2v) is 11.6. The lowest BCUT2D eigenvalue weighted by Gasteiger charge is -2.16. The lowest BCUT2D eigenvalue weighted by molar-refractivity contribution is -0.150. The highest BCUT2D eigenvalue weighted by atomic mass is 16.5. The third kappa shape index (κ3) is 11.4. The molecular weight excluding hydrogens is 608 g/mol. The summed E-state index contributed by atoms with van der Waals surface area (Å²) in [4.78, 5) is 49.3. The van der Waals surface area contributed by atoms with Gasteiger partial charge in [-0.25, -0.2) is 0 Å². The fraction of sp³-hybridized carbons (Fsp3) is 0.300. The van der Waals surface area contributed by atoms with E-state index in [1.165, 1.54) is 0 Å². The van der Waals surface area contributed by atoms with Gasteiger partial charge in [-0.15, -0.1) is 0 Å². The molecule has 0 aliphatic rings. The van der Waals surface area contributed by atoms with Crippen LogP contribution in [0.1, 0.15) is 95.3 Å². The molecule has 0 heterocycles. The number of aliphatic hydroxyl groups is 2. The molecule has 2 unspecified atom stereocenters. The minimum Gasteiger partial charge on any atom is -0.465 e. The van der Waals surface area contributed by atoms with Crippen LogP contribution in [0.4, 0.5) is 0 Å². The highest BCUT2D eigenvalue weighted by molar-refractivity contribution is 6.09. The zero-order chi connectivity index (χ0) is 35.1. The average Bonchev–Trinajstić information content (AvgIpc) is 3.11. The van der Waals surface area contributed by atoms with Crippen molar-refractivity contribution in [3.8, 4) is 0 Å². The van der Waals surface area contributed by atoms with E-state index in [1.54, 1.807) is 88.4 Å². The maximum absolute atomic E-state index is 12.5. The second kappa shape index (κ2) is 19.0. The van der Waals surface area contributed by atoms with Gasteiger partial charge in [0.25, 0.3) is 0 Å². The third-order valence-electron chi connectivity index (χ3n) is 7.71. The number of rotatable bonds is 14. The van der Waals surface area contributed by atoms with Crippen LogP contribution in [0.5, 0.6) is 0 Å². The van der Waals surface area contributed by atoms with E-state index in [0.29, 0.717) is 35.1 Å². The summed E-state index contributed by atoms with van der Waals surface area (Å²) in [6, 6.07) is 32.2. The van der Waals surface area contributed by atoms with Gasteiger partial charge >= 0.3 is 11.9 Å².